The van der Waals surface area contributed by atoms with Crippen molar-refractivity contribution in [1.29, 1.82) is 0 Å². The molecule has 1 rings (SSSR count). The van der Waals surface area contributed by atoms with Crippen molar-refractivity contribution < 1.29 is 4.79 Å². The summed E-state index contributed by atoms with van der Waals surface area (Å²) in [6.07, 6.45) is 0. The van der Waals surface area contributed by atoms with E-state index in [4.69, 9.17) is 11.5 Å². The summed E-state index contributed by atoms with van der Waals surface area (Å²) in [4.78, 5) is 11.1. The molecule has 5 N–H and O–H groups in total. The molecule has 1 aromatic carbocycles. The fourth-order valence-electron chi connectivity index (χ4n) is 1.32. The maximum absolute atomic E-state index is 11.1. The number of hydrogen-bond acceptors (Lipinski definition) is 3. The number of hydrogen-bond donors (Lipinski definition) is 3. The van der Waals surface area contributed by atoms with Crippen LogP contribution in [0.5, 0.6) is 0 Å². The van der Waals surface area contributed by atoms with E-state index >= 15 is 0 Å². The Balaban J connectivity index is 2.98. The maximum atomic E-state index is 11.1. The van der Waals surface area contributed by atoms with Gasteiger partial charge in [-0.3, -0.25) is 4.79 Å². The minimum Gasteiger partial charge on any atom is -0.396 e. The molecule has 1 amide bonds. The molecule has 0 aromatic heterocycles. The van der Waals surface area contributed by atoms with Crippen LogP contribution in [-0.4, -0.2) is 11.9 Å². The summed E-state index contributed by atoms with van der Waals surface area (Å²) in [6, 6.07) is 5.53. The van der Waals surface area contributed by atoms with E-state index in [2.05, 4.69) is 26.1 Å². The summed E-state index contributed by atoms with van der Waals surface area (Å²) in [5.74, 6) is -0.0185. The van der Waals surface area contributed by atoms with E-state index in [0.717, 1.165) is 5.69 Å². The Hall–Kier alpha value is -1.71. The average molecular weight is 221 g/mol. The van der Waals surface area contributed by atoms with Crippen LogP contribution in [0.2, 0.25) is 0 Å². The second-order valence-corrected chi connectivity index (χ2v) is 4.31. The quantitative estimate of drug-likeness (QED) is 0.678. The van der Waals surface area contributed by atoms with Crippen LogP contribution < -0.4 is 16.8 Å². The number of rotatable bonds is 4. The van der Waals surface area contributed by atoms with Gasteiger partial charge in [-0.2, -0.15) is 0 Å². The van der Waals surface area contributed by atoms with Crippen LogP contribution in [0.25, 0.3) is 0 Å². The van der Waals surface area contributed by atoms with E-state index in [1.54, 1.807) is 12.1 Å². The standard InChI is InChI=1S/C12H19N3O/c1-7(2)8(3)15-10-6-4-5-9(11(10)13)12(14)16/h4-8,15H,13H2,1-3H3,(H2,14,16). The number of nitrogens with two attached hydrogens (primary N) is 2. The van der Waals surface area contributed by atoms with Crippen LogP contribution in [0.3, 0.4) is 0 Å². The Kier molecular flexibility index (Phi) is 3.77. The number of carbonyl (C=O) groups excluding carboxylic acids is 1. The molecule has 88 valence electrons. The zero-order chi connectivity index (χ0) is 12.3. The second kappa shape index (κ2) is 4.88. The monoisotopic (exact) mass is 221 g/mol. The largest absolute Gasteiger partial charge is 0.396 e. The van der Waals surface area contributed by atoms with Gasteiger partial charge < -0.3 is 16.8 Å². The third kappa shape index (κ3) is 2.66. The van der Waals surface area contributed by atoms with Crippen molar-refractivity contribution >= 4 is 17.3 Å². The highest BCUT2D eigenvalue weighted by molar-refractivity contribution is 6.00. The predicted molar refractivity (Wildman–Crippen MR) is 67.3 cm³/mol. The Morgan fingerprint density at radius 1 is 1.31 bits per heavy atom. The molecule has 0 bridgehead atoms. The zero-order valence-corrected chi connectivity index (χ0v) is 9.95. The molecule has 1 aromatic rings. The van der Waals surface area contributed by atoms with Gasteiger partial charge in [-0.1, -0.05) is 19.9 Å². The molecule has 0 radical (unpaired) electrons. The summed E-state index contributed by atoms with van der Waals surface area (Å²) in [7, 11) is 0. The summed E-state index contributed by atoms with van der Waals surface area (Å²) in [6.45, 7) is 6.30. The van der Waals surface area contributed by atoms with Crippen molar-refractivity contribution in [2.45, 2.75) is 26.8 Å². The van der Waals surface area contributed by atoms with Gasteiger partial charge >= 0.3 is 0 Å². The first-order valence-corrected chi connectivity index (χ1v) is 5.38. The van der Waals surface area contributed by atoms with Gasteiger partial charge in [-0.05, 0) is 25.0 Å². The van der Waals surface area contributed by atoms with Crippen LogP contribution in [0.15, 0.2) is 18.2 Å². The minimum absolute atomic E-state index is 0.283. The molecule has 0 saturated carbocycles. The molecular weight excluding hydrogens is 202 g/mol. The van der Waals surface area contributed by atoms with E-state index in [9.17, 15) is 4.79 Å². The Morgan fingerprint density at radius 2 is 1.94 bits per heavy atom. The lowest BCUT2D eigenvalue weighted by atomic mass is 10.0. The fraction of sp³-hybridized carbons (Fsp3) is 0.417. The summed E-state index contributed by atoms with van der Waals surface area (Å²) < 4.78 is 0. The fourth-order valence-corrected chi connectivity index (χ4v) is 1.32. The van der Waals surface area contributed by atoms with Crippen molar-refractivity contribution in [3.05, 3.63) is 23.8 Å². The molecule has 0 aliphatic rings. The summed E-state index contributed by atoms with van der Waals surface area (Å²) in [5, 5.41) is 3.27. The van der Waals surface area contributed by atoms with E-state index in [-0.39, 0.29) is 6.04 Å². The lowest BCUT2D eigenvalue weighted by Gasteiger charge is -2.20. The molecule has 4 heteroatoms. The van der Waals surface area contributed by atoms with Gasteiger partial charge in [0.25, 0.3) is 5.91 Å². The van der Waals surface area contributed by atoms with Crippen molar-refractivity contribution in [1.82, 2.24) is 0 Å². The topological polar surface area (TPSA) is 81.1 Å². The van der Waals surface area contributed by atoms with Crippen molar-refractivity contribution in [3.8, 4) is 0 Å². The molecule has 0 heterocycles. The molecule has 1 unspecified atom stereocenters. The predicted octanol–water partition coefficient (Wildman–Crippen LogP) is 1.82. The third-order valence-electron chi connectivity index (χ3n) is 2.75. The average Bonchev–Trinajstić information content (AvgIpc) is 2.20. The van der Waals surface area contributed by atoms with Crippen molar-refractivity contribution in [2.24, 2.45) is 11.7 Å². The molecule has 4 nitrogen and oxygen atoms in total. The van der Waals surface area contributed by atoms with E-state index in [0.29, 0.717) is 17.2 Å². The first-order chi connectivity index (χ1) is 7.43. The van der Waals surface area contributed by atoms with Gasteiger partial charge in [0, 0.05) is 6.04 Å². The molecule has 0 fully saturated rings. The number of benzene rings is 1. The van der Waals surface area contributed by atoms with Gasteiger partial charge in [0.1, 0.15) is 0 Å². The zero-order valence-electron chi connectivity index (χ0n) is 9.95. The Labute approximate surface area is 96.0 Å². The molecule has 0 saturated heterocycles. The number of primary amides is 1. The maximum Gasteiger partial charge on any atom is 0.250 e. The van der Waals surface area contributed by atoms with Crippen LogP contribution in [-0.2, 0) is 0 Å². The number of nitrogen functional groups attached to an aromatic ring is 1. The number of nitrogens with one attached hydrogen (secondary N) is 1. The molecule has 1 atom stereocenters. The van der Waals surface area contributed by atoms with Gasteiger partial charge in [0.15, 0.2) is 0 Å². The molecule has 16 heavy (non-hydrogen) atoms. The van der Waals surface area contributed by atoms with Gasteiger partial charge in [0.05, 0.1) is 16.9 Å². The summed E-state index contributed by atoms with van der Waals surface area (Å²) >= 11 is 0. The Bertz CT molecular complexity index is 388. The second-order valence-electron chi connectivity index (χ2n) is 4.31. The van der Waals surface area contributed by atoms with E-state index < -0.39 is 5.91 Å². The number of para-hydroxylation sites is 1. The normalized spacial score (nSPS) is 12.5. The van der Waals surface area contributed by atoms with Gasteiger partial charge in [-0.15, -0.1) is 0 Å². The first kappa shape index (κ1) is 12.4. The Morgan fingerprint density at radius 3 is 2.44 bits per heavy atom. The third-order valence-corrected chi connectivity index (χ3v) is 2.75. The van der Waals surface area contributed by atoms with Crippen LogP contribution in [0, 0.1) is 5.92 Å². The minimum atomic E-state index is -0.502. The lowest BCUT2D eigenvalue weighted by Crippen LogP contribution is -2.23. The van der Waals surface area contributed by atoms with Crippen LogP contribution in [0.4, 0.5) is 11.4 Å². The van der Waals surface area contributed by atoms with Crippen molar-refractivity contribution in [3.63, 3.8) is 0 Å². The highest BCUT2D eigenvalue weighted by Crippen LogP contribution is 2.24. The number of carbonyl (C=O) groups is 1. The first-order valence-electron chi connectivity index (χ1n) is 5.38. The van der Waals surface area contributed by atoms with E-state index in [1.807, 2.05) is 6.07 Å². The highest BCUT2D eigenvalue weighted by Gasteiger charge is 2.12. The van der Waals surface area contributed by atoms with Gasteiger partial charge in [-0.25, -0.2) is 0 Å². The SMILES string of the molecule is CC(C)C(C)Nc1cccc(C(N)=O)c1N. The van der Waals surface area contributed by atoms with Crippen molar-refractivity contribution in [2.75, 3.05) is 11.1 Å². The molecule has 0 spiro atoms. The summed E-state index contributed by atoms with van der Waals surface area (Å²) in [5.41, 5.74) is 12.6. The van der Waals surface area contributed by atoms with Crippen LogP contribution >= 0.6 is 0 Å². The molecule has 0 aliphatic heterocycles. The smallest absolute Gasteiger partial charge is 0.250 e. The lowest BCUT2D eigenvalue weighted by molar-refractivity contribution is 0.100. The number of amides is 1. The van der Waals surface area contributed by atoms with Crippen LogP contribution in [0.1, 0.15) is 31.1 Å². The molecule has 0 aliphatic carbocycles. The highest BCUT2D eigenvalue weighted by atomic mass is 16.1. The number of anilines is 2. The molecular formula is C12H19N3O. The van der Waals surface area contributed by atoms with E-state index in [1.165, 1.54) is 0 Å². The van der Waals surface area contributed by atoms with Gasteiger partial charge in [0.2, 0.25) is 0 Å².